The number of primary amides is 1. The van der Waals surface area contributed by atoms with Gasteiger partial charge in [0.05, 0.1) is 0 Å². The van der Waals surface area contributed by atoms with Crippen molar-refractivity contribution in [2.75, 3.05) is 0 Å². The first-order valence-electron chi connectivity index (χ1n) is 6.56. The normalized spacial score (nSPS) is 11.8. The van der Waals surface area contributed by atoms with Crippen molar-refractivity contribution in [1.82, 2.24) is 0 Å². The minimum Gasteiger partial charge on any atom is -0.376 e. The summed E-state index contributed by atoms with van der Waals surface area (Å²) < 4.78 is 62.4. The molecule has 0 radical (unpaired) electrons. The predicted molar refractivity (Wildman–Crippen MR) is 80.4 cm³/mol. The lowest BCUT2D eigenvalue weighted by Crippen LogP contribution is -2.28. The molecule has 2 rings (SSSR count). The maximum atomic E-state index is 12.2. The third-order valence-electron chi connectivity index (χ3n) is 3.04. The van der Waals surface area contributed by atoms with Crippen LogP contribution in [0.4, 0.5) is 13.2 Å². The highest BCUT2D eigenvalue weighted by atomic mass is 32.2. The number of rotatable bonds is 5. The molecule has 1 amide bonds. The van der Waals surface area contributed by atoms with Gasteiger partial charge in [-0.3, -0.25) is 9.59 Å². The molecule has 132 valence electrons. The molecule has 0 fully saturated rings. The molecular formula is C15H10F3NO5S. The van der Waals surface area contributed by atoms with Gasteiger partial charge in [0.1, 0.15) is 5.75 Å². The third kappa shape index (κ3) is 4.15. The molecular weight excluding hydrogens is 363 g/mol. The molecule has 2 aromatic rings. The van der Waals surface area contributed by atoms with Gasteiger partial charge in [-0.25, -0.2) is 0 Å². The third-order valence-corrected chi connectivity index (χ3v) is 4.02. The maximum absolute atomic E-state index is 12.2. The molecule has 0 saturated carbocycles. The van der Waals surface area contributed by atoms with Gasteiger partial charge in [-0.05, 0) is 36.4 Å². The van der Waals surface area contributed by atoms with Crippen LogP contribution in [0.15, 0.2) is 48.5 Å². The molecule has 0 aliphatic rings. The summed E-state index contributed by atoms with van der Waals surface area (Å²) in [5.41, 5.74) is 0.0324. The Morgan fingerprint density at radius 1 is 0.840 bits per heavy atom. The number of hydrogen-bond donors (Lipinski definition) is 1. The van der Waals surface area contributed by atoms with E-state index in [0.717, 1.165) is 24.3 Å². The molecule has 25 heavy (non-hydrogen) atoms. The van der Waals surface area contributed by atoms with E-state index in [-0.39, 0.29) is 16.7 Å². The van der Waals surface area contributed by atoms with E-state index in [1.54, 1.807) is 0 Å². The Labute approximate surface area is 140 Å². The van der Waals surface area contributed by atoms with E-state index >= 15 is 0 Å². The van der Waals surface area contributed by atoms with Crippen molar-refractivity contribution in [1.29, 1.82) is 0 Å². The molecule has 0 aliphatic carbocycles. The fraction of sp³-hybridized carbons (Fsp3) is 0.0667. The van der Waals surface area contributed by atoms with Crippen molar-refractivity contribution < 1.29 is 35.4 Å². The highest BCUT2D eigenvalue weighted by Crippen LogP contribution is 2.27. The number of carbonyl (C=O) groups excluding carboxylic acids is 2. The summed E-state index contributed by atoms with van der Waals surface area (Å²) in [5.74, 6) is -1.73. The lowest BCUT2D eigenvalue weighted by Gasteiger charge is -2.09. The van der Waals surface area contributed by atoms with E-state index in [9.17, 15) is 31.2 Å². The fourth-order valence-electron chi connectivity index (χ4n) is 1.79. The number of hydrogen-bond acceptors (Lipinski definition) is 5. The summed E-state index contributed by atoms with van der Waals surface area (Å²) in [6.45, 7) is 0. The Balaban J connectivity index is 2.19. The van der Waals surface area contributed by atoms with Gasteiger partial charge < -0.3 is 9.92 Å². The molecule has 0 aliphatic heterocycles. The van der Waals surface area contributed by atoms with Crippen LogP contribution in [0.3, 0.4) is 0 Å². The zero-order valence-corrected chi connectivity index (χ0v) is 13.1. The second-order valence-corrected chi connectivity index (χ2v) is 6.32. The van der Waals surface area contributed by atoms with Gasteiger partial charge in [-0.1, -0.05) is 12.1 Å². The molecule has 0 heterocycles. The van der Waals surface area contributed by atoms with Gasteiger partial charge >= 0.3 is 15.6 Å². The number of benzene rings is 2. The number of amides is 1. The van der Waals surface area contributed by atoms with Crippen LogP contribution in [-0.4, -0.2) is 25.6 Å². The maximum Gasteiger partial charge on any atom is 0.534 e. The van der Waals surface area contributed by atoms with Crippen molar-refractivity contribution in [2.24, 2.45) is 5.73 Å². The van der Waals surface area contributed by atoms with Crippen molar-refractivity contribution in [2.45, 2.75) is 5.51 Å². The molecule has 0 saturated heterocycles. The molecule has 6 nitrogen and oxygen atoms in total. The van der Waals surface area contributed by atoms with E-state index in [1.165, 1.54) is 24.3 Å². The predicted octanol–water partition coefficient (Wildman–Crippen LogP) is 2.24. The van der Waals surface area contributed by atoms with Gasteiger partial charge in [-0.2, -0.15) is 21.6 Å². The smallest absolute Gasteiger partial charge is 0.376 e. The Bertz CT molecular complexity index is 904. The fourth-order valence-corrected chi connectivity index (χ4v) is 2.25. The van der Waals surface area contributed by atoms with E-state index in [0.29, 0.717) is 0 Å². The van der Waals surface area contributed by atoms with Gasteiger partial charge in [-0.15, -0.1) is 0 Å². The van der Waals surface area contributed by atoms with Crippen molar-refractivity contribution in [3.8, 4) is 5.75 Å². The standard InChI is InChI=1S/C15H10F3NO5S/c16-15(17,18)25(22,23)24-12-7-5-10(6-8-12)13(20)9-1-3-11(4-2-9)14(19)21/h1-8H,(H2,19,21). The lowest BCUT2D eigenvalue weighted by atomic mass is 10.0. The first kappa shape index (κ1) is 18.5. The van der Waals surface area contributed by atoms with Crippen LogP contribution in [0.25, 0.3) is 0 Å². The summed E-state index contributed by atoms with van der Waals surface area (Å²) in [6, 6.07) is 9.51. The van der Waals surface area contributed by atoms with Crippen molar-refractivity contribution >= 4 is 21.8 Å². The van der Waals surface area contributed by atoms with E-state index in [2.05, 4.69) is 4.18 Å². The summed E-state index contributed by atoms with van der Waals surface area (Å²) in [6.07, 6.45) is 0. The molecule has 10 heteroatoms. The van der Waals surface area contributed by atoms with Crippen molar-refractivity contribution in [3.05, 3.63) is 65.2 Å². The molecule has 0 unspecified atom stereocenters. The Morgan fingerprint density at radius 2 is 1.24 bits per heavy atom. The number of ketones is 1. The minimum atomic E-state index is -5.78. The lowest BCUT2D eigenvalue weighted by molar-refractivity contribution is -0.0500. The van der Waals surface area contributed by atoms with Crippen LogP contribution in [-0.2, 0) is 10.1 Å². The zero-order valence-electron chi connectivity index (χ0n) is 12.3. The van der Waals surface area contributed by atoms with Crippen LogP contribution < -0.4 is 9.92 Å². The number of halogens is 3. The average molecular weight is 373 g/mol. The Kier molecular flexibility index (Phi) is 4.84. The van der Waals surface area contributed by atoms with Crippen LogP contribution in [0.1, 0.15) is 26.3 Å². The van der Waals surface area contributed by atoms with Crippen molar-refractivity contribution in [3.63, 3.8) is 0 Å². The number of carbonyl (C=O) groups is 2. The molecule has 0 atom stereocenters. The summed E-state index contributed by atoms with van der Waals surface area (Å²) in [4.78, 5) is 23.2. The highest BCUT2D eigenvalue weighted by molar-refractivity contribution is 7.88. The summed E-state index contributed by atoms with van der Waals surface area (Å²) in [7, 11) is -5.78. The quantitative estimate of drug-likeness (QED) is 0.492. The molecule has 2 N–H and O–H groups in total. The minimum absolute atomic E-state index is 0.0866. The van der Waals surface area contributed by atoms with Gasteiger partial charge in [0.2, 0.25) is 5.91 Å². The van der Waals surface area contributed by atoms with Gasteiger partial charge in [0.25, 0.3) is 0 Å². The summed E-state index contributed by atoms with van der Waals surface area (Å²) >= 11 is 0. The number of nitrogens with two attached hydrogens (primary N) is 1. The molecule has 0 spiro atoms. The Morgan fingerprint density at radius 3 is 1.64 bits per heavy atom. The number of alkyl halides is 3. The molecule has 0 bridgehead atoms. The highest BCUT2D eigenvalue weighted by Gasteiger charge is 2.48. The first-order valence-corrected chi connectivity index (χ1v) is 7.97. The Hall–Kier alpha value is -2.88. The van der Waals surface area contributed by atoms with Crippen LogP contribution in [0, 0.1) is 0 Å². The monoisotopic (exact) mass is 373 g/mol. The van der Waals surface area contributed by atoms with Crippen LogP contribution >= 0.6 is 0 Å². The summed E-state index contributed by atoms with van der Waals surface area (Å²) in [5, 5.41) is 0. The molecule has 2 aromatic carbocycles. The largest absolute Gasteiger partial charge is 0.534 e. The topological polar surface area (TPSA) is 104 Å². The van der Waals surface area contributed by atoms with Gasteiger partial charge in [0.15, 0.2) is 5.78 Å². The first-order chi connectivity index (χ1) is 11.5. The van der Waals surface area contributed by atoms with Gasteiger partial charge in [0, 0.05) is 16.7 Å². The average Bonchev–Trinajstić information content (AvgIpc) is 2.53. The van der Waals surface area contributed by atoms with Crippen LogP contribution in [0.5, 0.6) is 5.75 Å². The SMILES string of the molecule is NC(=O)c1ccc(C(=O)c2ccc(OS(=O)(=O)C(F)(F)F)cc2)cc1. The van der Waals surface area contributed by atoms with E-state index in [4.69, 9.17) is 5.73 Å². The van der Waals surface area contributed by atoms with E-state index in [1.807, 2.05) is 0 Å². The van der Waals surface area contributed by atoms with E-state index < -0.39 is 33.1 Å². The second kappa shape index (κ2) is 6.55. The zero-order chi connectivity index (χ0) is 18.8. The second-order valence-electron chi connectivity index (χ2n) is 4.78. The molecule has 0 aromatic heterocycles. The van der Waals surface area contributed by atoms with Crippen LogP contribution in [0.2, 0.25) is 0 Å².